The van der Waals surface area contributed by atoms with Gasteiger partial charge in [0.05, 0.1) is 13.7 Å². The summed E-state index contributed by atoms with van der Waals surface area (Å²) in [5, 5.41) is 3.00. The average Bonchev–Trinajstić information content (AvgIpc) is 2.85. The number of ether oxygens (including phenoxy) is 2. The maximum Gasteiger partial charge on any atom is 0.373 e. The highest BCUT2D eigenvalue weighted by atomic mass is 16.6. The number of carbonyl (C=O) groups is 2. The predicted octanol–water partition coefficient (Wildman–Crippen LogP) is 6.02. The summed E-state index contributed by atoms with van der Waals surface area (Å²) in [6.45, 7) is 5.08. The molecule has 1 N–H and O–H groups in total. The van der Waals surface area contributed by atoms with E-state index in [2.05, 4.69) is 12.2 Å². The van der Waals surface area contributed by atoms with Gasteiger partial charge < -0.3 is 14.8 Å². The third-order valence-corrected chi connectivity index (χ3v) is 5.32. The van der Waals surface area contributed by atoms with Crippen molar-refractivity contribution in [2.45, 2.75) is 46.0 Å². The first-order valence-corrected chi connectivity index (χ1v) is 11.6. The van der Waals surface area contributed by atoms with Gasteiger partial charge in [-0.15, -0.1) is 0 Å². The van der Waals surface area contributed by atoms with E-state index >= 15 is 0 Å². The first-order chi connectivity index (χ1) is 16.0. The number of anilines is 1. The molecule has 0 aliphatic carbocycles. The van der Waals surface area contributed by atoms with Gasteiger partial charge in [-0.25, -0.2) is 9.59 Å². The Bertz CT molecular complexity index is 922. The summed E-state index contributed by atoms with van der Waals surface area (Å²) in [4.78, 5) is 26.0. The van der Waals surface area contributed by atoms with Gasteiger partial charge in [-0.05, 0) is 48.2 Å². The molecule has 178 valence electrons. The minimum absolute atomic E-state index is 0.102. The maximum atomic E-state index is 12.5. The summed E-state index contributed by atoms with van der Waals surface area (Å²) in [5.41, 5.74) is 3.67. The van der Waals surface area contributed by atoms with E-state index in [1.54, 1.807) is 18.0 Å². The molecule has 2 amide bonds. The van der Waals surface area contributed by atoms with Gasteiger partial charge in [0.1, 0.15) is 0 Å². The van der Waals surface area contributed by atoms with Gasteiger partial charge in [-0.1, -0.05) is 69.0 Å². The van der Waals surface area contributed by atoms with Crippen molar-refractivity contribution >= 4 is 23.8 Å². The first-order valence-electron chi connectivity index (χ1n) is 11.6. The van der Waals surface area contributed by atoms with Crippen LogP contribution in [0.2, 0.25) is 0 Å². The summed E-state index contributed by atoms with van der Waals surface area (Å²) in [7, 11) is 3.11. The Kier molecular flexibility index (Phi) is 11.0. The molecule has 0 radical (unpaired) electrons. The number of rotatable bonds is 12. The Hall–Kier alpha value is -3.28. The number of esters is 1. The fourth-order valence-corrected chi connectivity index (χ4v) is 3.39. The number of benzene rings is 2. The van der Waals surface area contributed by atoms with Crippen molar-refractivity contribution < 1.29 is 19.1 Å². The number of nitrogens with one attached hydrogen (secondary N) is 1. The van der Waals surface area contributed by atoms with Crippen LogP contribution in [0.1, 0.15) is 51.5 Å². The number of methoxy groups -OCH3 is 1. The van der Waals surface area contributed by atoms with Crippen molar-refractivity contribution in [1.29, 1.82) is 0 Å². The lowest BCUT2D eigenvalue weighted by atomic mass is 10.0. The third-order valence-electron chi connectivity index (χ3n) is 5.32. The quantitative estimate of drug-likeness (QED) is 0.185. The second-order valence-electron chi connectivity index (χ2n) is 7.81. The van der Waals surface area contributed by atoms with E-state index in [0.29, 0.717) is 13.2 Å². The van der Waals surface area contributed by atoms with E-state index in [9.17, 15) is 9.59 Å². The summed E-state index contributed by atoms with van der Waals surface area (Å²) in [6, 6.07) is 15.5. The molecule has 0 saturated heterocycles. The molecule has 0 unspecified atom stereocenters. The molecule has 0 aromatic heterocycles. The fourth-order valence-electron chi connectivity index (χ4n) is 3.39. The third kappa shape index (κ3) is 8.29. The van der Waals surface area contributed by atoms with Gasteiger partial charge >= 0.3 is 12.0 Å². The zero-order valence-electron chi connectivity index (χ0n) is 20.2. The van der Waals surface area contributed by atoms with Crippen molar-refractivity contribution in [2.24, 2.45) is 0 Å². The Labute approximate surface area is 197 Å². The van der Waals surface area contributed by atoms with Gasteiger partial charge in [-0.2, -0.15) is 0 Å². The molecule has 2 aromatic rings. The SMILES string of the molecule is CCCCCCCNC(=O)N(C)c1cccc(-c2ccc(/C=C(\OCC)C(=O)OC)cc2)c1. The number of hydrogen-bond acceptors (Lipinski definition) is 4. The van der Waals surface area contributed by atoms with Gasteiger partial charge in [0.25, 0.3) is 0 Å². The number of hydrogen-bond donors (Lipinski definition) is 1. The molecule has 33 heavy (non-hydrogen) atoms. The predicted molar refractivity (Wildman–Crippen MR) is 134 cm³/mol. The molecule has 0 heterocycles. The highest BCUT2D eigenvalue weighted by Gasteiger charge is 2.12. The van der Waals surface area contributed by atoms with Crippen LogP contribution in [0.4, 0.5) is 10.5 Å². The van der Waals surface area contributed by atoms with E-state index in [0.717, 1.165) is 35.2 Å². The van der Waals surface area contributed by atoms with Crippen LogP contribution in [-0.2, 0) is 14.3 Å². The van der Waals surface area contributed by atoms with Crippen molar-refractivity contribution in [2.75, 3.05) is 32.2 Å². The van der Waals surface area contributed by atoms with Crippen LogP contribution in [0.15, 0.2) is 54.3 Å². The smallest absolute Gasteiger partial charge is 0.373 e. The standard InChI is InChI=1S/C27H36N2O4/c1-5-7-8-9-10-18-28-27(31)29(3)24-13-11-12-23(20-24)22-16-14-21(15-17-22)19-25(33-6-2)26(30)32-4/h11-17,19-20H,5-10,18H2,1-4H3,(H,28,31)/b25-19-. The summed E-state index contributed by atoms with van der Waals surface area (Å²) in [5.74, 6) is -0.330. The van der Waals surface area contributed by atoms with Crippen molar-refractivity contribution in [3.05, 3.63) is 59.9 Å². The minimum atomic E-state index is -0.504. The summed E-state index contributed by atoms with van der Waals surface area (Å²) >= 11 is 0. The molecular weight excluding hydrogens is 416 g/mol. The molecule has 2 aromatic carbocycles. The Morgan fingerprint density at radius 3 is 2.36 bits per heavy atom. The monoisotopic (exact) mass is 452 g/mol. The Morgan fingerprint density at radius 2 is 1.70 bits per heavy atom. The highest BCUT2D eigenvalue weighted by molar-refractivity contribution is 5.92. The molecule has 6 heteroatoms. The lowest BCUT2D eigenvalue weighted by Crippen LogP contribution is -2.37. The number of carbonyl (C=O) groups excluding carboxylic acids is 2. The largest absolute Gasteiger partial charge is 0.487 e. The molecule has 0 bridgehead atoms. The molecule has 6 nitrogen and oxygen atoms in total. The summed E-state index contributed by atoms with van der Waals surface area (Å²) in [6.07, 6.45) is 7.49. The van der Waals surface area contributed by atoms with Gasteiger partial charge in [0.15, 0.2) is 0 Å². The molecule has 0 saturated carbocycles. The lowest BCUT2D eigenvalue weighted by Gasteiger charge is -2.19. The van der Waals surface area contributed by atoms with Crippen LogP contribution in [0.5, 0.6) is 0 Å². The van der Waals surface area contributed by atoms with Crippen LogP contribution >= 0.6 is 0 Å². The van der Waals surface area contributed by atoms with Crippen LogP contribution in [0, 0.1) is 0 Å². The fraction of sp³-hybridized carbons (Fsp3) is 0.407. The van der Waals surface area contributed by atoms with Gasteiger partial charge in [-0.3, -0.25) is 4.90 Å². The van der Waals surface area contributed by atoms with Crippen molar-refractivity contribution in [3.63, 3.8) is 0 Å². The van der Waals surface area contributed by atoms with Crippen LogP contribution in [0.25, 0.3) is 17.2 Å². The second kappa shape index (κ2) is 14.0. The van der Waals surface area contributed by atoms with Crippen LogP contribution < -0.4 is 10.2 Å². The van der Waals surface area contributed by atoms with Crippen molar-refractivity contribution in [3.8, 4) is 11.1 Å². The van der Waals surface area contributed by atoms with Gasteiger partial charge in [0, 0.05) is 19.3 Å². The van der Waals surface area contributed by atoms with Crippen LogP contribution in [-0.4, -0.2) is 39.3 Å². The van der Waals surface area contributed by atoms with E-state index in [1.807, 2.05) is 55.5 Å². The number of amides is 2. The number of urea groups is 1. The second-order valence-corrected chi connectivity index (χ2v) is 7.81. The van der Waals surface area contributed by atoms with E-state index < -0.39 is 5.97 Å². The molecule has 0 atom stereocenters. The number of nitrogens with zero attached hydrogens (tertiary/aromatic N) is 1. The molecular formula is C27H36N2O4. The summed E-state index contributed by atoms with van der Waals surface area (Å²) < 4.78 is 10.1. The lowest BCUT2D eigenvalue weighted by molar-refractivity contribution is -0.139. The Morgan fingerprint density at radius 1 is 0.970 bits per heavy atom. The number of unbranched alkanes of at least 4 members (excludes halogenated alkanes) is 4. The molecule has 0 fully saturated rings. The average molecular weight is 453 g/mol. The van der Waals surface area contributed by atoms with E-state index in [4.69, 9.17) is 9.47 Å². The van der Waals surface area contributed by atoms with Crippen LogP contribution in [0.3, 0.4) is 0 Å². The van der Waals surface area contributed by atoms with E-state index in [1.165, 1.54) is 26.4 Å². The van der Waals surface area contributed by atoms with Gasteiger partial charge in [0.2, 0.25) is 5.76 Å². The molecule has 0 aliphatic heterocycles. The zero-order chi connectivity index (χ0) is 24.1. The minimum Gasteiger partial charge on any atom is -0.487 e. The topological polar surface area (TPSA) is 67.9 Å². The Balaban J connectivity index is 2.04. The molecule has 0 spiro atoms. The maximum absolute atomic E-state index is 12.5. The molecule has 0 aliphatic rings. The van der Waals surface area contributed by atoms with E-state index in [-0.39, 0.29) is 11.8 Å². The van der Waals surface area contributed by atoms with Crippen molar-refractivity contribution in [1.82, 2.24) is 5.32 Å². The zero-order valence-corrected chi connectivity index (χ0v) is 20.2. The first kappa shape index (κ1) is 26.0. The normalized spacial score (nSPS) is 11.1. The molecule has 2 rings (SSSR count). The highest BCUT2D eigenvalue weighted by Crippen LogP contribution is 2.25.